The SMILES string of the molecule is CC(c1ccc(O)cc1F)N(C)CC1CCCN1. The van der Waals surface area contributed by atoms with Gasteiger partial charge < -0.3 is 10.4 Å². The van der Waals surface area contributed by atoms with Gasteiger partial charge in [-0.05, 0) is 39.4 Å². The molecule has 1 aliphatic heterocycles. The van der Waals surface area contributed by atoms with E-state index in [0.29, 0.717) is 11.6 Å². The lowest BCUT2D eigenvalue weighted by Crippen LogP contribution is -2.36. The number of hydrogen-bond donors (Lipinski definition) is 2. The van der Waals surface area contributed by atoms with Gasteiger partial charge in [-0.2, -0.15) is 0 Å². The van der Waals surface area contributed by atoms with Crippen molar-refractivity contribution in [3.8, 4) is 5.75 Å². The molecule has 1 saturated heterocycles. The first-order valence-electron chi connectivity index (χ1n) is 6.50. The second kappa shape index (κ2) is 5.67. The monoisotopic (exact) mass is 252 g/mol. The van der Waals surface area contributed by atoms with E-state index in [1.165, 1.54) is 25.0 Å². The molecule has 100 valence electrons. The molecule has 0 amide bonds. The zero-order valence-electron chi connectivity index (χ0n) is 11.0. The van der Waals surface area contributed by atoms with E-state index < -0.39 is 0 Å². The van der Waals surface area contributed by atoms with Crippen LogP contribution in [0.25, 0.3) is 0 Å². The van der Waals surface area contributed by atoms with Gasteiger partial charge in [0.2, 0.25) is 0 Å². The predicted molar refractivity (Wildman–Crippen MR) is 70.1 cm³/mol. The van der Waals surface area contributed by atoms with E-state index in [1.54, 1.807) is 6.07 Å². The van der Waals surface area contributed by atoms with Crippen LogP contribution in [0.2, 0.25) is 0 Å². The Bertz CT molecular complexity index is 405. The first-order valence-corrected chi connectivity index (χ1v) is 6.50. The van der Waals surface area contributed by atoms with Crippen molar-refractivity contribution in [2.75, 3.05) is 20.1 Å². The van der Waals surface area contributed by atoms with Crippen LogP contribution in [0.3, 0.4) is 0 Å². The van der Waals surface area contributed by atoms with Crippen molar-refractivity contribution in [2.24, 2.45) is 0 Å². The maximum Gasteiger partial charge on any atom is 0.131 e. The van der Waals surface area contributed by atoms with Crippen molar-refractivity contribution in [1.29, 1.82) is 0 Å². The number of phenols is 1. The highest BCUT2D eigenvalue weighted by molar-refractivity contribution is 5.29. The number of likely N-dealkylation sites (N-methyl/N-ethyl adjacent to an activating group) is 1. The first-order chi connectivity index (χ1) is 8.58. The van der Waals surface area contributed by atoms with Crippen molar-refractivity contribution < 1.29 is 9.50 Å². The molecule has 0 aliphatic carbocycles. The Kier molecular flexibility index (Phi) is 4.19. The fourth-order valence-corrected chi connectivity index (χ4v) is 2.51. The topological polar surface area (TPSA) is 35.5 Å². The number of halogens is 1. The molecule has 0 radical (unpaired) electrons. The Labute approximate surface area is 108 Å². The van der Waals surface area contributed by atoms with Gasteiger partial charge in [0.15, 0.2) is 0 Å². The van der Waals surface area contributed by atoms with Gasteiger partial charge in [-0.15, -0.1) is 0 Å². The van der Waals surface area contributed by atoms with Gasteiger partial charge in [-0.3, -0.25) is 4.90 Å². The average Bonchev–Trinajstić information content (AvgIpc) is 2.81. The third-order valence-corrected chi connectivity index (χ3v) is 3.77. The van der Waals surface area contributed by atoms with Crippen LogP contribution < -0.4 is 5.32 Å². The molecule has 1 heterocycles. The largest absolute Gasteiger partial charge is 0.508 e. The van der Waals surface area contributed by atoms with Crippen molar-refractivity contribution in [3.63, 3.8) is 0 Å². The molecule has 2 atom stereocenters. The number of nitrogens with zero attached hydrogens (tertiary/aromatic N) is 1. The van der Waals surface area contributed by atoms with Gasteiger partial charge in [-0.1, -0.05) is 6.07 Å². The van der Waals surface area contributed by atoms with Crippen LogP contribution in [-0.4, -0.2) is 36.2 Å². The van der Waals surface area contributed by atoms with Crippen LogP contribution in [0.1, 0.15) is 31.4 Å². The summed E-state index contributed by atoms with van der Waals surface area (Å²) in [5, 5.41) is 12.7. The van der Waals surface area contributed by atoms with Crippen molar-refractivity contribution in [3.05, 3.63) is 29.6 Å². The molecule has 1 fully saturated rings. The Morgan fingerprint density at radius 1 is 1.56 bits per heavy atom. The van der Waals surface area contributed by atoms with E-state index in [9.17, 15) is 9.50 Å². The molecule has 2 N–H and O–H groups in total. The number of phenolic OH excluding ortho intramolecular Hbond substituents is 1. The summed E-state index contributed by atoms with van der Waals surface area (Å²) in [7, 11) is 2.01. The summed E-state index contributed by atoms with van der Waals surface area (Å²) >= 11 is 0. The Balaban J connectivity index is 2.02. The van der Waals surface area contributed by atoms with E-state index in [2.05, 4.69) is 10.2 Å². The highest BCUT2D eigenvalue weighted by Gasteiger charge is 2.21. The molecule has 1 aromatic rings. The second-order valence-electron chi connectivity index (χ2n) is 5.11. The van der Waals surface area contributed by atoms with E-state index in [0.717, 1.165) is 13.1 Å². The molecule has 1 aromatic carbocycles. The molecular weight excluding hydrogens is 231 g/mol. The van der Waals surface area contributed by atoms with Crippen molar-refractivity contribution in [1.82, 2.24) is 10.2 Å². The van der Waals surface area contributed by atoms with Crippen LogP contribution in [0.4, 0.5) is 4.39 Å². The zero-order valence-corrected chi connectivity index (χ0v) is 11.0. The number of rotatable bonds is 4. The minimum atomic E-state index is -0.339. The third-order valence-electron chi connectivity index (χ3n) is 3.77. The van der Waals surface area contributed by atoms with E-state index in [4.69, 9.17) is 0 Å². The predicted octanol–water partition coefficient (Wildman–Crippen LogP) is 2.28. The number of aromatic hydroxyl groups is 1. The highest BCUT2D eigenvalue weighted by Crippen LogP contribution is 2.25. The molecule has 18 heavy (non-hydrogen) atoms. The maximum atomic E-state index is 13.8. The fourth-order valence-electron chi connectivity index (χ4n) is 2.51. The van der Waals surface area contributed by atoms with E-state index >= 15 is 0 Å². The van der Waals surface area contributed by atoms with Crippen LogP contribution in [0.15, 0.2) is 18.2 Å². The van der Waals surface area contributed by atoms with E-state index in [1.807, 2.05) is 14.0 Å². The molecule has 0 bridgehead atoms. The fraction of sp³-hybridized carbons (Fsp3) is 0.571. The maximum absolute atomic E-state index is 13.8. The smallest absolute Gasteiger partial charge is 0.131 e. The average molecular weight is 252 g/mol. The van der Waals surface area contributed by atoms with Gasteiger partial charge >= 0.3 is 0 Å². The Morgan fingerprint density at radius 2 is 2.33 bits per heavy atom. The van der Waals surface area contributed by atoms with Crippen LogP contribution in [0, 0.1) is 5.82 Å². The zero-order chi connectivity index (χ0) is 13.1. The normalized spacial score (nSPS) is 21.4. The molecule has 2 rings (SSSR count). The number of nitrogens with one attached hydrogen (secondary N) is 1. The Hall–Kier alpha value is -1.13. The molecular formula is C14H21FN2O. The molecule has 0 saturated carbocycles. The molecule has 2 unspecified atom stereocenters. The lowest BCUT2D eigenvalue weighted by molar-refractivity contribution is 0.233. The quantitative estimate of drug-likeness (QED) is 0.863. The summed E-state index contributed by atoms with van der Waals surface area (Å²) in [6.45, 7) is 3.99. The summed E-state index contributed by atoms with van der Waals surface area (Å²) in [5.41, 5.74) is 0.633. The van der Waals surface area contributed by atoms with Crippen LogP contribution in [0.5, 0.6) is 5.75 Å². The minimum absolute atomic E-state index is 0.00741. The van der Waals surface area contributed by atoms with E-state index in [-0.39, 0.29) is 17.6 Å². The van der Waals surface area contributed by atoms with Gasteiger partial charge in [0.25, 0.3) is 0 Å². The molecule has 1 aliphatic rings. The first kappa shape index (κ1) is 13.3. The Morgan fingerprint density at radius 3 is 2.94 bits per heavy atom. The molecule has 0 spiro atoms. The summed E-state index contributed by atoms with van der Waals surface area (Å²) in [5.74, 6) is -0.364. The van der Waals surface area contributed by atoms with Crippen LogP contribution >= 0.6 is 0 Å². The molecule has 3 nitrogen and oxygen atoms in total. The lowest BCUT2D eigenvalue weighted by atomic mass is 10.1. The summed E-state index contributed by atoms with van der Waals surface area (Å²) in [4.78, 5) is 2.15. The number of benzene rings is 1. The lowest BCUT2D eigenvalue weighted by Gasteiger charge is -2.28. The summed E-state index contributed by atoms with van der Waals surface area (Å²) in [6, 6.07) is 4.89. The second-order valence-corrected chi connectivity index (χ2v) is 5.11. The van der Waals surface area contributed by atoms with Gasteiger partial charge in [0.05, 0.1) is 0 Å². The molecule has 0 aromatic heterocycles. The van der Waals surface area contributed by atoms with Crippen molar-refractivity contribution >= 4 is 0 Å². The van der Waals surface area contributed by atoms with Crippen molar-refractivity contribution in [2.45, 2.75) is 31.8 Å². The highest BCUT2D eigenvalue weighted by atomic mass is 19.1. The minimum Gasteiger partial charge on any atom is -0.508 e. The van der Waals surface area contributed by atoms with Gasteiger partial charge in [0, 0.05) is 30.3 Å². The van der Waals surface area contributed by atoms with Gasteiger partial charge in [0.1, 0.15) is 11.6 Å². The third kappa shape index (κ3) is 3.00. The number of hydrogen-bond acceptors (Lipinski definition) is 3. The standard InChI is InChI=1S/C14H21FN2O/c1-10(13-6-5-12(18)8-14(13)15)17(2)9-11-4-3-7-16-11/h5-6,8,10-11,16,18H,3-4,7,9H2,1-2H3. The van der Waals surface area contributed by atoms with Crippen LogP contribution in [-0.2, 0) is 0 Å². The summed E-state index contributed by atoms with van der Waals surface area (Å²) in [6.07, 6.45) is 2.41. The van der Waals surface area contributed by atoms with Gasteiger partial charge in [-0.25, -0.2) is 4.39 Å². The molecule has 4 heteroatoms. The summed E-state index contributed by atoms with van der Waals surface area (Å²) < 4.78 is 13.8.